The number of hydrogen-bond acceptors (Lipinski definition) is 5. The molecule has 1 aliphatic heterocycles. The molecule has 2 N–H and O–H groups in total. The van der Waals surface area contributed by atoms with E-state index in [0.717, 1.165) is 36.5 Å². The Morgan fingerprint density at radius 2 is 1.94 bits per heavy atom. The number of benzene rings is 1. The third kappa shape index (κ3) is 4.15. The van der Waals surface area contributed by atoms with Crippen LogP contribution in [0, 0.1) is 5.82 Å². The van der Waals surface area contributed by atoms with Crippen molar-refractivity contribution in [2.45, 2.75) is 37.8 Å². The van der Waals surface area contributed by atoms with E-state index in [1.807, 2.05) is 0 Å². The number of hydrogen-bond donors (Lipinski definition) is 1. The van der Waals surface area contributed by atoms with Gasteiger partial charge in [-0.05, 0) is 30.9 Å². The average Bonchev–Trinajstić information content (AvgIpc) is 3.15. The molecule has 1 amide bonds. The van der Waals surface area contributed by atoms with Gasteiger partial charge in [0.25, 0.3) is 0 Å². The Balaban J connectivity index is 1.47. The lowest BCUT2D eigenvalue weighted by Gasteiger charge is -2.37. The van der Waals surface area contributed by atoms with Crippen LogP contribution in [0.1, 0.15) is 47.6 Å². The maximum Gasteiger partial charge on any atom is 0.416 e. The molecule has 32 heavy (non-hydrogen) atoms. The van der Waals surface area contributed by atoms with Crippen molar-refractivity contribution in [3.63, 3.8) is 0 Å². The normalized spacial score (nSPS) is 19.8. The molecular formula is C22H25F4N5O. The van der Waals surface area contributed by atoms with E-state index in [1.165, 1.54) is 5.56 Å². The zero-order valence-electron chi connectivity index (χ0n) is 17.7. The van der Waals surface area contributed by atoms with Crippen LogP contribution in [0.15, 0.2) is 24.5 Å². The molecule has 2 aliphatic rings. The van der Waals surface area contributed by atoms with E-state index in [4.69, 9.17) is 5.73 Å². The van der Waals surface area contributed by atoms with Crippen LogP contribution in [0.3, 0.4) is 0 Å². The fourth-order valence-corrected chi connectivity index (χ4v) is 4.58. The van der Waals surface area contributed by atoms with Gasteiger partial charge < -0.3 is 15.5 Å². The Morgan fingerprint density at radius 3 is 2.56 bits per heavy atom. The fraction of sp³-hybridized carbons (Fsp3) is 0.500. The summed E-state index contributed by atoms with van der Waals surface area (Å²) in [6.45, 7) is 3.85. The summed E-state index contributed by atoms with van der Waals surface area (Å²) >= 11 is 0. The molecule has 0 bridgehead atoms. The van der Waals surface area contributed by atoms with Gasteiger partial charge in [-0.2, -0.15) is 13.2 Å². The van der Waals surface area contributed by atoms with E-state index >= 15 is 0 Å². The van der Waals surface area contributed by atoms with Crippen LogP contribution in [0.4, 0.5) is 23.4 Å². The summed E-state index contributed by atoms with van der Waals surface area (Å²) in [5, 5.41) is 0. The highest BCUT2D eigenvalue weighted by atomic mass is 19.4. The van der Waals surface area contributed by atoms with Gasteiger partial charge in [0, 0.05) is 49.5 Å². The van der Waals surface area contributed by atoms with Crippen molar-refractivity contribution < 1.29 is 22.4 Å². The average molecular weight is 451 g/mol. The molecule has 1 fully saturated rings. The van der Waals surface area contributed by atoms with Gasteiger partial charge in [-0.15, -0.1) is 0 Å². The van der Waals surface area contributed by atoms with Gasteiger partial charge in [-0.1, -0.05) is 13.0 Å². The number of fused-ring (bicyclic) bond motifs is 1. The van der Waals surface area contributed by atoms with E-state index in [-0.39, 0.29) is 18.0 Å². The first-order valence-electron chi connectivity index (χ1n) is 10.6. The Bertz CT molecular complexity index is 1000. The number of nitrogens with two attached hydrogens (primary N) is 1. The highest BCUT2D eigenvalue weighted by Crippen LogP contribution is 2.37. The molecule has 1 aliphatic carbocycles. The zero-order chi connectivity index (χ0) is 23.0. The molecule has 0 saturated carbocycles. The van der Waals surface area contributed by atoms with Crippen LogP contribution in [-0.4, -0.2) is 53.5 Å². The van der Waals surface area contributed by atoms with Crippen molar-refractivity contribution in [3.05, 3.63) is 52.7 Å². The molecular weight excluding hydrogens is 426 g/mol. The Hall–Kier alpha value is -2.75. The molecule has 6 nitrogen and oxygen atoms in total. The maximum atomic E-state index is 14.4. The van der Waals surface area contributed by atoms with Crippen molar-refractivity contribution in [3.8, 4) is 0 Å². The van der Waals surface area contributed by atoms with Gasteiger partial charge in [-0.25, -0.2) is 14.4 Å². The molecule has 1 unspecified atom stereocenters. The number of alkyl halides is 3. The maximum absolute atomic E-state index is 14.4. The van der Waals surface area contributed by atoms with Crippen LogP contribution in [0.2, 0.25) is 0 Å². The third-order valence-electron chi connectivity index (χ3n) is 6.38. The van der Waals surface area contributed by atoms with Crippen molar-refractivity contribution >= 4 is 11.7 Å². The topological polar surface area (TPSA) is 75.4 Å². The van der Waals surface area contributed by atoms with Gasteiger partial charge in [-0.3, -0.25) is 4.79 Å². The lowest BCUT2D eigenvalue weighted by atomic mass is 9.95. The van der Waals surface area contributed by atoms with Crippen molar-refractivity contribution in [2.24, 2.45) is 5.73 Å². The molecule has 2 aromatic rings. The standard InChI is InChI=1S/C22H25F4N5O/c1-13-2-5-18-19(13)20(29-12-28-18)30-6-8-31(9-7-30)21(32)16(11-27)15-4-3-14(10-17(15)23)22(24,25)26/h3-4,10,12-13,16H,2,5-9,11,27H2,1H3/t13-,16?/m1/s1. The second-order valence-corrected chi connectivity index (χ2v) is 8.33. The van der Waals surface area contributed by atoms with Crippen molar-refractivity contribution in [2.75, 3.05) is 37.6 Å². The van der Waals surface area contributed by atoms with E-state index in [0.29, 0.717) is 38.2 Å². The minimum Gasteiger partial charge on any atom is -0.353 e. The fourth-order valence-electron chi connectivity index (χ4n) is 4.58. The van der Waals surface area contributed by atoms with E-state index in [2.05, 4.69) is 21.8 Å². The minimum atomic E-state index is -4.66. The number of nitrogens with zero attached hydrogens (tertiary/aromatic N) is 4. The van der Waals surface area contributed by atoms with Gasteiger partial charge >= 0.3 is 6.18 Å². The predicted molar refractivity (Wildman–Crippen MR) is 111 cm³/mol. The molecule has 0 radical (unpaired) electrons. The summed E-state index contributed by atoms with van der Waals surface area (Å²) in [6.07, 6.45) is -1.12. The van der Waals surface area contributed by atoms with Crippen LogP contribution in [0.25, 0.3) is 0 Å². The largest absolute Gasteiger partial charge is 0.416 e. The molecule has 10 heteroatoms. The molecule has 1 aromatic carbocycles. The lowest BCUT2D eigenvalue weighted by molar-refractivity contribution is -0.137. The number of carbonyl (C=O) groups excluding carboxylic acids is 1. The first kappa shape index (κ1) is 22.4. The lowest BCUT2D eigenvalue weighted by Crippen LogP contribution is -2.51. The molecule has 1 saturated heterocycles. The monoisotopic (exact) mass is 451 g/mol. The highest BCUT2D eigenvalue weighted by molar-refractivity contribution is 5.84. The highest BCUT2D eigenvalue weighted by Gasteiger charge is 2.35. The molecule has 172 valence electrons. The Labute approximate surface area is 183 Å². The predicted octanol–water partition coefficient (Wildman–Crippen LogP) is 3.08. The number of carbonyl (C=O) groups is 1. The van der Waals surface area contributed by atoms with Gasteiger partial charge in [0.15, 0.2) is 0 Å². The second kappa shape index (κ2) is 8.65. The summed E-state index contributed by atoms with van der Waals surface area (Å²) in [7, 11) is 0. The SMILES string of the molecule is C[C@@H]1CCc2ncnc(N3CCN(C(=O)C(CN)c4ccc(C(F)(F)F)cc4F)CC3)c21. The summed E-state index contributed by atoms with van der Waals surface area (Å²) in [4.78, 5) is 25.6. The number of aromatic nitrogens is 2. The molecule has 2 atom stereocenters. The Kier molecular flexibility index (Phi) is 6.07. The summed E-state index contributed by atoms with van der Waals surface area (Å²) in [6, 6.07) is 2.21. The molecule has 4 rings (SSSR count). The smallest absolute Gasteiger partial charge is 0.353 e. The number of amides is 1. The molecule has 1 aromatic heterocycles. The molecule has 2 heterocycles. The number of rotatable bonds is 4. The van der Waals surface area contributed by atoms with Gasteiger partial charge in [0.2, 0.25) is 5.91 Å². The van der Waals surface area contributed by atoms with Crippen LogP contribution in [-0.2, 0) is 17.4 Å². The Morgan fingerprint density at radius 1 is 1.22 bits per heavy atom. The van der Waals surface area contributed by atoms with E-state index < -0.39 is 23.5 Å². The minimum absolute atomic E-state index is 0.115. The van der Waals surface area contributed by atoms with Gasteiger partial charge in [0.1, 0.15) is 18.0 Å². The van der Waals surface area contributed by atoms with Gasteiger partial charge in [0.05, 0.1) is 11.5 Å². The quantitative estimate of drug-likeness (QED) is 0.724. The second-order valence-electron chi connectivity index (χ2n) is 8.33. The van der Waals surface area contributed by atoms with Crippen LogP contribution in [0.5, 0.6) is 0 Å². The van der Waals surface area contributed by atoms with E-state index in [1.54, 1.807) is 11.2 Å². The number of halogens is 4. The van der Waals surface area contributed by atoms with Crippen molar-refractivity contribution in [1.29, 1.82) is 0 Å². The van der Waals surface area contributed by atoms with Crippen molar-refractivity contribution in [1.82, 2.24) is 14.9 Å². The summed E-state index contributed by atoms with van der Waals surface area (Å²) in [5.74, 6) is -1.21. The summed E-state index contributed by atoms with van der Waals surface area (Å²) in [5.41, 5.74) is 6.76. The van der Waals surface area contributed by atoms with Crippen LogP contribution >= 0.6 is 0 Å². The van der Waals surface area contributed by atoms with Crippen LogP contribution < -0.4 is 10.6 Å². The molecule has 0 spiro atoms. The number of piperazine rings is 1. The zero-order valence-corrected chi connectivity index (χ0v) is 17.7. The first-order valence-corrected chi connectivity index (χ1v) is 10.6. The third-order valence-corrected chi connectivity index (χ3v) is 6.38. The van der Waals surface area contributed by atoms with E-state index in [9.17, 15) is 22.4 Å². The number of anilines is 1. The summed E-state index contributed by atoms with van der Waals surface area (Å²) < 4.78 is 52.9. The first-order chi connectivity index (χ1) is 15.2. The number of aryl methyl sites for hydroxylation is 1.